The minimum Gasteiger partial charge on any atom is -0.316 e. The van der Waals surface area contributed by atoms with E-state index in [0.717, 1.165) is 5.56 Å². The summed E-state index contributed by atoms with van der Waals surface area (Å²) in [5, 5.41) is 0. The summed E-state index contributed by atoms with van der Waals surface area (Å²) in [6, 6.07) is 13.1. The summed E-state index contributed by atoms with van der Waals surface area (Å²) >= 11 is 0. The van der Waals surface area contributed by atoms with Crippen LogP contribution in [0.15, 0.2) is 63.0 Å². The van der Waals surface area contributed by atoms with E-state index in [2.05, 4.69) is 9.97 Å². The lowest BCUT2D eigenvalue weighted by Gasteiger charge is -2.24. The molecule has 25 heavy (non-hydrogen) atoms. The van der Waals surface area contributed by atoms with Crippen LogP contribution in [0.3, 0.4) is 0 Å². The van der Waals surface area contributed by atoms with Gasteiger partial charge in [-0.1, -0.05) is 30.3 Å². The maximum atomic E-state index is 12.9. The van der Waals surface area contributed by atoms with Crippen molar-refractivity contribution in [2.45, 2.75) is 17.9 Å². The Labute approximate surface area is 144 Å². The third-order valence-corrected chi connectivity index (χ3v) is 6.12. The maximum absolute atomic E-state index is 12.9. The Morgan fingerprint density at radius 1 is 0.920 bits per heavy atom. The van der Waals surface area contributed by atoms with E-state index in [1.807, 2.05) is 30.3 Å². The van der Waals surface area contributed by atoms with E-state index in [4.69, 9.17) is 0 Å². The van der Waals surface area contributed by atoms with Crippen LogP contribution in [0.4, 0.5) is 0 Å². The van der Waals surface area contributed by atoms with E-state index in [0.29, 0.717) is 5.52 Å². The number of hydrogen-bond acceptors (Lipinski definition) is 4. The third-order valence-electron chi connectivity index (χ3n) is 4.20. The first kappa shape index (κ1) is 17.1. The highest BCUT2D eigenvalue weighted by Gasteiger charge is 2.26. The van der Waals surface area contributed by atoms with Gasteiger partial charge in [-0.05, 0) is 30.7 Å². The van der Waals surface area contributed by atoms with Crippen LogP contribution in [-0.2, 0) is 10.0 Å². The van der Waals surface area contributed by atoms with Crippen LogP contribution in [0.1, 0.15) is 18.5 Å². The monoisotopic (exact) mass is 359 g/mol. The van der Waals surface area contributed by atoms with E-state index < -0.39 is 21.1 Å². The normalized spacial score (nSPS) is 13.2. The average molecular weight is 359 g/mol. The second-order valence-electron chi connectivity index (χ2n) is 5.72. The second-order valence-corrected chi connectivity index (χ2v) is 7.72. The van der Waals surface area contributed by atoms with Crippen molar-refractivity contribution in [3.8, 4) is 0 Å². The molecule has 1 heterocycles. The van der Waals surface area contributed by atoms with Crippen molar-refractivity contribution >= 4 is 21.1 Å². The van der Waals surface area contributed by atoms with Crippen molar-refractivity contribution in [1.29, 1.82) is 0 Å². The average Bonchev–Trinajstić information content (AvgIpc) is 2.61. The predicted molar refractivity (Wildman–Crippen MR) is 95.0 cm³/mol. The fraction of sp³-hybridized carbons (Fsp3) is 0.176. The molecule has 8 heteroatoms. The van der Waals surface area contributed by atoms with Crippen LogP contribution < -0.4 is 11.1 Å². The Morgan fingerprint density at radius 3 is 2.16 bits per heavy atom. The number of hydrogen-bond donors (Lipinski definition) is 2. The fourth-order valence-electron chi connectivity index (χ4n) is 2.57. The topological polar surface area (TPSA) is 103 Å². The number of H-pyrrole nitrogens is 2. The SMILES string of the molecule is CC(c1ccccc1)N(C)S(=O)(=O)c1ccc2[nH]c(=O)c(=O)[nH]c2c1. The van der Waals surface area contributed by atoms with Crippen molar-refractivity contribution in [2.24, 2.45) is 0 Å². The highest BCUT2D eigenvalue weighted by atomic mass is 32.2. The van der Waals surface area contributed by atoms with Crippen LogP contribution in [0, 0.1) is 0 Å². The van der Waals surface area contributed by atoms with Crippen LogP contribution in [-0.4, -0.2) is 29.7 Å². The van der Waals surface area contributed by atoms with Crippen molar-refractivity contribution in [1.82, 2.24) is 14.3 Å². The van der Waals surface area contributed by atoms with Gasteiger partial charge in [0.1, 0.15) is 0 Å². The van der Waals surface area contributed by atoms with E-state index >= 15 is 0 Å². The molecule has 2 aromatic carbocycles. The molecule has 1 atom stereocenters. The molecule has 130 valence electrons. The first-order chi connectivity index (χ1) is 11.8. The molecular formula is C17H17N3O4S. The van der Waals surface area contributed by atoms with Gasteiger partial charge in [-0.25, -0.2) is 8.42 Å². The number of nitrogens with zero attached hydrogens (tertiary/aromatic N) is 1. The van der Waals surface area contributed by atoms with Crippen LogP contribution in [0.5, 0.6) is 0 Å². The molecular weight excluding hydrogens is 342 g/mol. The highest BCUT2D eigenvalue weighted by Crippen LogP contribution is 2.26. The van der Waals surface area contributed by atoms with E-state index in [-0.39, 0.29) is 16.5 Å². The molecule has 0 aliphatic carbocycles. The first-order valence-electron chi connectivity index (χ1n) is 7.60. The molecule has 0 fully saturated rings. The maximum Gasteiger partial charge on any atom is 0.314 e. The Morgan fingerprint density at radius 2 is 1.52 bits per heavy atom. The lowest BCUT2D eigenvalue weighted by atomic mass is 10.1. The van der Waals surface area contributed by atoms with Crippen LogP contribution in [0.25, 0.3) is 11.0 Å². The minimum atomic E-state index is -3.78. The van der Waals surface area contributed by atoms with E-state index in [1.165, 1.54) is 29.6 Å². The zero-order valence-corrected chi connectivity index (χ0v) is 14.5. The number of benzene rings is 2. The smallest absolute Gasteiger partial charge is 0.314 e. The van der Waals surface area contributed by atoms with E-state index in [1.54, 1.807) is 6.92 Å². The summed E-state index contributed by atoms with van der Waals surface area (Å²) in [4.78, 5) is 27.6. The van der Waals surface area contributed by atoms with Gasteiger partial charge in [0.05, 0.1) is 15.9 Å². The second kappa shape index (κ2) is 6.30. The molecule has 0 aliphatic heterocycles. The Balaban J connectivity index is 2.04. The van der Waals surface area contributed by atoms with Gasteiger partial charge in [-0.3, -0.25) is 9.59 Å². The molecule has 1 aromatic heterocycles. The van der Waals surface area contributed by atoms with Gasteiger partial charge in [0, 0.05) is 13.1 Å². The molecule has 0 radical (unpaired) electrons. The van der Waals surface area contributed by atoms with Gasteiger partial charge >= 0.3 is 11.1 Å². The molecule has 0 spiro atoms. The summed E-state index contributed by atoms with van der Waals surface area (Å²) in [7, 11) is -2.27. The van der Waals surface area contributed by atoms with Crippen molar-refractivity contribution in [3.05, 3.63) is 74.8 Å². The van der Waals surface area contributed by atoms with Gasteiger partial charge < -0.3 is 9.97 Å². The number of nitrogens with one attached hydrogen (secondary N) is 2. The van der Waals surface area contributed by atoms with Gasteiger partial charge in [-0.15, -0.1) is 0 Å². The highest BCUT2D eigenvalue weighted by molar-refractivity contribution is 7.89. The number of aromatic nitrogens is 2. The predicted octanol–water partition coefficient (Wildman–Crippen LogP) is 1.60. The minimum absolute atomic E-state index is 0.0352. The Hall–Kier alpha value is -2.71. The molecule has 0 saturated heterocycles. The Bertz CT molecular complexity index is 1130. The molecule has 0 aliphatic rings. The van der Waals surface area contributed by atoms with Crippen LogP contribution >= 0.6 is 0 Å². The standard InChI is InChI=1S/C17H17N3O4S/c1-11(12-6-4-3-5-7-12)20(2)25(23,24)13-8-9-14-15(10-13)19-17(22)16(21)18-14/h3-11H,1-2H3,(H,18,21)(H,19,22). The quantitative estimate of drug-likeness (QED) is 0.691. The summed E-state index contributed by atoms with van der Waals surface area (Å²) in [6.45, 7) is 1.80. The molecule has 0 saturated carbocycles. The number of rotatable bonds is 4. The fourth-order valence-corrected chi connectivity index (χ4v) is 3.95. The third kappa shape index (κ3) is 3.13. The summed E-state index contributed by atoms with van der Waals surface area (Å²) in [5.41, 5.74) is -0.119. The first-order valence-corrected chi connectivity index (χ1v) is 9.04. The van der Waals surface area contributed by atoms with Gasteiger partial charge in [0.15, 0.2) is 0 Å². The zero-order valence-electron chi connectivity index (χ0n) is 13.7. The lowest BCUT2D eigenvalue weighted by Crippen LogP contribution is -2.30. The van der Waals surface area contributed by atoms with Gasteiger partial charge in [0.25, 0.3) is 0 Å². The molecule has 7 nitrogen and oxygen atoms in total. The molecule has 3 aromatic rings. The lowest BCUT2D eigenvalue weighted by molar-refractivity contribution is 0.398. The summed E-state index contributed by atoms with van der Waals surface area (Å²) in [6.07, 6.45) is 0. The molecule has 0 amide bonds. The molecule has 3 rings (SSSR count). The zero-order chi connectivity index (χ0) is 18.2. The summed E-state index contributed by atoms with van der Waals surface area (Å²) < 4.78 is 27.1. The largest absolute Gasteiger partial charge is 0.316 e. The van der Waals surface area contributed by atoms with Gasteiger partial charge in [-0.2, -0.15) is 4.31 Å². The van der Waals surface area contributed by atoms with Crippen molar-refractivity contribution in [2.75, 3.05) is 7.05 Å². The molecule has 0 bridgehead atoms. The Kier molecular flexibility index (Phi) is 4.32. The number of aromatic amines is 2. The number of fused-ring (bicyclic) bond motifs is 1. The summed E-state index contributed by atoms with van der Waals surface area (Å²) in [5.74, 6) is 0. The van der Waals surface area contributed by atoms with Crippen molar-refractivity contribution in [3.63, 3.8) is 0 Å². The van der Waals surface area contributed by atoms with E-state index in [9.17, 15) is 18.0 Å². The van der Waals surface area contributed by atoms with Gasteiger partial charge in [0.2, 0.25) is 10.0 Å². The molecule has 2 N–H and O–H groups in total. The van der Waals surface area contributed by atoms with Crippen molar-refractivity contribution < 1.29 is 8.42 Å². The van der Waals surface area contributed by atoms with Crippen LogP contribution in [0.2, 0.25) is 0 Å². The number of sulfonamides is 1. The molecule has 1 unspecified atom stereocenters.